The second-order valence-electron chi connectivity index (χ2n) is 6.14. The number of thiophene rings is 1. The highest BCUT2D eigenvalue weighted by atomic mass is 35.5. The van der Waals surface area contributed by atoms with Gasteiger partial charge in [-0.15, -0.1) is 11.3 Å². The summed E-state index contributed by atoms with van der Waals surface area (Å²) in [6.45, 7) is 0. The smallest absolute Gasteiger partial charge is 0.196 e. The largest absolute Gasteiger partial charge is 0.288 e. The molecule has 124 valence electrons. The molecule has 0 saturated carbocycles. The lowest BCUT2D eigenvalue weighted by atomic mass is 9.97. The van der Waals surface area contributed by atoms with E-state index in [0.717, 1.165) is 33.0 Å². The highest BCUT2D eigenvalue weighted by Crippen LogP contribution is 2.42. The monoisotopic (exact) mass is 373 g/mol. The number of ketones is 1. The molecule has 0 radical (unpaired) electrons. The third-order valence-electron chi connectivity index (χ3n) is 4.60. The first-order chi connectivity index (χ1) is 12.7. The molecule has 0 atom stereocenters. The molecule has 2 aromatic heterocycles. The summed E-state index contributed by atoms with van der Waals surface area (Å²) >= 11 is 7.69. The molecule has 2 aromatic carbocycles. The van der Waals surface area contributed by atoms with Gasteiger partial charge in [0.1, 0.15) is 0 Å². The molecule has 0 spiro atoms. The van der Waals surface area contributed by atoms with E-state index in [1.807, 2.05) is 72.1 Å². The zero-order valence-electron chi connectivity index (χ0n) is 13.6. The van der Waals surface area contributed by atoms with Crippen LogP contribution in [0.4, 0.5) is 0 Å². The Morgan fingerprint density at radius 1 is 0.846 bits per heavy atom. The second-order valence-corrected chi connectivity index (χ2v) is 7.52. The number of pyridine rings is 1. The number of carbonyl (C=O) groups is 1. The van der Waals surface area contributed by atoms with Gasteiger partial charge in [0.2, 0.25) is 0 Å². The van der Waals surface area contributed by atoms with Crippen molar-refractivity contribution < 1.29 is 4.79 Å². The lowest BCUT2D eigenvalue weighted by Crippen LogP contribution is -2.00. The zero-order valence-corrected chi connectivity index (χ0v) is 15.1. The van der Waals surface area contributed by atoms with Gasteiger partial charge in [-0.25, -0.2) is 4.98 Å². The van der Waals surface area contributed by atoms with Gasteiger partial charge in [0.15, 0.2) is 5.78 Å². The van der Waals surface area contributed by atoms with Crippen LogP contribution in [0.2, 0.25) is 5.02 Å². The van der Waals surface area contributed by atoms with Crippen molar-refractivity contribution in [3.63, 3.8) is 0 Å². The molecule has 0 fully saturated rings. The number of hydrogen-bond acceptors (Lipinski definition) is 3. The average molecular weight is 374 g/mol. The first kappa shape index (κ1) is 15.5. The van der Waals surface area contributed by atoms with Crippen LogP contribution in [0, 0.1) is 0 Å². The van der Waals surface area contributed by atoms with Gasteiger partial charge in [-0.05, 0) is 40.8 Å². The summed E-state index contributed by atoms with van der Waals surface area (Å²) in [7, 11) is 0. The maximum absolute atomic E-state index is 13.1. The summed E-state index contributed by atoms with van der Waals surface area (Å²) in [4.78, 5) is 19.0. The zero-order chi connectivity index (χ0) is 17.7. The van der Waals surface area contributed by atoms with Gasteiger partial charge in [-0.2, -0.15) is 0 Å². The maximum Gasteiger partial charge on any atom is 0.196 e. The minimum absolute atomic E-state index is 0.0331. The predicted octanol–water partition coefficient (Wildman–Crippen LogP) is 6.34. The summed E-state index contributed by atoms with van der Waals surface area (Å²) in [6.07, 6.45) is 0. The fourth-order valence-corrected chi connectivity index (χ4v) is 4.21. The average Bonchev–Trinajstić information content (AvgIpc) is 3.30. The van der Waals surface area contributed by atoms with Crippen LogP contribution in [0.3, 0.4) is 0 Å². The number of nitrogens with zero attached hydrogens (tertiary/aromatic N) is 1. The van der Waals surface area contributed by atoms with Crippen molar-refractivity contribution in [2.75, 3.05) is 0 Å². The Balaban J connectivity index is 1.84. The number of benzene rings is 2. The quantitative estimate of drug-likeness (QED) is 0.361. The number of carbonyl (C=O) groups excluding carboxylic acids is 1. The molecule has 2 nitrogen and oxygen atoms in total. The molecule has 2 heterocycles. The third-order valence-corrected chi connectivity index (χ3v) is 5.75. The first-order valence-electron chi connectivity index (χ1n) is 8.21. The van der Waals surface area contributed by atoms with E-state index in [9.17, 15) is 4.79 Å². The molecule has 0 unspecified atom stereocenters. The molecule has 5 rings (SSSR count). The fourth-order valence-electron chi connectivity index (χ4n) is 3.40. The lowest BCUT2D eigenvalue weighted by Gasteiger charge is -2.10. The number of aromatic nitrogens is 1. The van der Waals surface area contributed by atoms with Crippen molar-refractivity contribution in [1.82, 2.24) is 4.98 Å². The summed E-state index contributed by atoms with van der Waals surface area (Å²) < 4.78 is 0. The van der Waals surface area contributed by atoms with Crippen molar-refractivity contribution >= 4 is 28.7 Å². The van der Waals surface area contributed by atoms with Crippen LogP contribution in [-0.2, 0) is 0 Å². The van der Waals surface area contributed by atoms with Crippen LogP contribution < -0.4 is 0 Å². The SMILES string of the molecule is O=C1c2ccccc2-c2nc(-c3cccs3)cc(-c3ccc(Cl)cc3)c21. The predicted molar refractivity (Wildman–Crippen MR) is 107 cm³/mol. The molecule has 0 bridgehead atoms. The van der Waals surface area contributed by atoms with Gasteiger partial charge in [-0.1, -0.05) is 54.1 Å². The van der Waals surface area contributed by atoms with Crippen LogP contribution >= 0.6 is 22.9 Å². The van der Waals surface area contributed by atoms with Crippen LogP contribution in [0.25, 0.3) is 33.0 Å². The van der Waals surface area contributed by atoms with Gasteiger partial charge in [-0.3, -0.25) is 4.79 Å². The Morgan fingerprint density at radius 3 is 2.35 bits per heavy atom. The third kappa shape index (κ3) is 2.32. The molecular formula is C22H12ClNOS. The standard InChI is InChI=1S/C22H12ClNOS/c23-14-9-7-13(8-10-14)17-12-18(19-6-3-11-26-19)24-21-15-4-1-2-5-16(15)22(25)20(17)21/h1-12H. The second kappa shape index (κ2) is 5.90. The maximum atomic E-state index is 13.1. The molecule has 0 N–H and O–H groups in total. The molecule has 0 amide bonds. The van der Waals surface area contributed by atoms with E-state index in [1.165, 1.54) is 0 Å². The minimum atomic E-state index is 0.0331. The van der Waals surface area contributed by atoms with Gasteiger partial charge in [0, 0.05) is 16.1 Å². The van der Waals surface area contributed by atoms with Crippen molar-refractivity contribution in [1.29, 1.82) is 0 Å². The van der Waals surface area contributed by atoms with Crippen LogP contribution in [0.5, 0.6) is 0 Å². The van der Waals surface area contributed by atoms with Crippen molar-refractivity contribution in [2.24, 2.45) is 0 Å². The van der Waals surface area contributed by atoms with E-state index in [-0.39, 0.29) is 5.78 Å². The fraction of sp³-hybridized carbons (Fsp3) is 0. The lowest BCUT2D eigenvalue weighted by molar-refractivity contribution is 0.104. The Morgan fingerprint density at radius 2 is 1.62 bits per heavy atom. The van der Waals surface area contributed by atoms with Gasteiger partial charge in [0.25, 0.3) is 0 Å². The normalized spacial score (nSPS) is 12.1. The van der Waals surface area contributed by atoms with Crippen LogP contribution in [-0.4, -0.2) is 10.8 Å². The van der Waals surface area contributed by atoms with E-state index < -0.39 is 0 Å². The molecule has 0 saturated heterocycles. The van der Waals surface area contributed by atoms with Gasteiger partial charge >= 0.3 is 0 Å². The number of halogens is 1. The first-order valence-corrected chi connectivity index (χ1v) is 9.47. The minimum Gasteiger partial charge on any atom is -0.288 e. The molecule has 1 aliphatic carbocycles. The highest BCUT2D eigenvalue weighted by molar-refractivity contribution is 7.13. The Hall–Kier alpha value is -2.75. The summed E-state index contributed by atoms with van der Waals surface area (Å²) in [6, 6.07) is 21.3. The molecule has 26 heavy (non-hydrogen) atoms. The van der Waals surface area contributed by atoms with E-state index in [2.05, 4.69) is 0 Å². The summed E-state index contributed by atoms with van der Waals surface area (Å²) in [5.74, 6) is 0.0331. The highest BCUT2D eigenvalue weighted by Gasteiger charge is 2.31. The van der Waals surface area contributed by atoms with Crippen molar-refractivity contribution in [3.8, 4) is 33.0 Å². The van der Waals surface area contributed by atoms with Crippen molar-refractivity contribution in [2.45, 2.75) is 0 Å². The van der Waals surface area contributed by atoms with E-state index in [0.29, 0.717) is 16.1 Å². The Kier molecular flexibility index (Phi) is 3.52. The Labute approximate surface area is 159 Å². The van der Waals surface area contributed by atoms with Crippen LogP contribution in [0.15, 0.2) is 72.1 Å². The summed E-state index contributed by atoms with van der Waals surface area (Å²) in [5, 5.41) is 2.71. The van der Waals surface area contributed by atoms with Gasteiger partial charge < -0.3 is 0 Å². The number of fused-ring (bicyclic) bond motifs is 3. The molecule has 4 heteroatoms. The Bertz CT molecular complexity index is 1150. The molecule has 4 aromatic rings. The van der Waals surface area contributed by atoms with E-state index >= 15 is 0 Å². The summed E-state index contributed by atoms with van der Waals surface area (Å²) in [5.41, 5.74) is 5.81. The van der Waals surface area contributed by atoms with Gasteiger partial charge in [0.05, 0.1) is 21.8 Å². The van der Waals surface area contributed by atoms with Crippen molar-refractivity contribution in [3.05, 3.63) is 88.3 Å². The number of hydrogen-bond donors (Lipinski definition) is 0. The number of rotatable bonds is 2. The topological polar surface area (TPSA) is 30.0 Å². The van der Waals surface area contributed by atoms with Crippen LogP contribution in [0.1, 0.15) is 15.9 Å². The van der Waals surface area contributed by atoms with E-state index in [4.69, 9.17) is 16.6 Å². The molecule has 1 aliphatic rings. The molecule has 0 aliphatic heterocycles. The molecular weight excluding hydrogens is 362 g/mol. The van der Waals surface area contributed by atoms with E-state index in [1.54, 1.807) is 11.3 Å².